The number of fused-ring (bicyclic) bond motifs is 1. The Kier molecular flexibility index (Phi) is 6.48. The first-order valence-corrected chi connectivity index (χ1v) is 11.6. The standard InChI is InChI=1S/C28H26N6O/c1-29-22-10-8-21(9-11-22)26-23(20-6-3-2-4-7-20)18-24-25(33-26)12-14-31-27(24)28(35)32-13-5-16-34-17-15-30-19-34/h2-4,6-12,14-15,17-19,29H,5,13,16H2,1H3,(H,32,35). The number of benzene rings is 2. The van der Waals surface area contributed by atoms with Gasteiger partial charge in [0.05, 0.1) is 17.5 Å². The average molecular weight is 463 g/mol. The van der Waals surface area contributed by atoms with E-state index in [-0.39, 0.29) is 5.91 Å². The molecule has 0 radical (unpaired) electrons. The van der Waals surface area contributed by atoms with Gasteiger partial charge in [0.25, 0.3) is 5.91 Å². The van der Waals surface area contributed by atoms with Crippen LogP contribution in [0.5, 0.6) is 0 Å². The number of rotatable bonds is 8. The molecule has 0 saturated carbocycles. The van der Waals surface area contributed by atoms with E-state index in [9.17, 15) is 4.79 Å². The third-order valence-electron chi connectivity index (χ3n) is 5.93. The predicted molar refractivity (Wildman–Crippen MR) is 139 cm³/mol. The fourth-order valence-corrected chi connectivity index (χ4v) is 4.10. The Labute approximate surface area is 203 Å². The fraction of sp³-hybridized carbons (Fsp3) is 0.143. The summed E-state index contributed by atoms with van der Waals surface area (Å²) in [6.45, 7) is 1.34. The van der Waals surface area contributed by atoms with Crippen molar-refractivity contribution in [2.75, 3.05) is 18.9 Å². The molecule has 2 aromatic carbocycles. The zero-order valence-corrected chi connectivity index (χ0v) is 19.5. The van der Waals surface area contributed by atoms with Gasteiger partial charge in [0, 0.05) is 60.9 Å². The molecule has 0 fully saturated rings. The Balaban J connectivity index is 1.50. The maximum atomic E-state index is 13.1. The number of aromatic nitrogens is 4. The van der Waals surface area contributed by atoms with Gasteiger partial charge in [-0.05, 0) is 36.2 Å². The number of carbonyl (C=O) groups excluding carboxylic acids is 1. The summed E-state index contributed by atoms with van der Waals surface area (Å²) in [7, 11) is 1.90. The van der Waals surface area contributed by atoms with Crippen LogP contribution in [0.15, 0.2) is 91.6 Å². The number of pyridine rings is 2. The zero-order valence-electron chi connectivity index (χ0n) is 19.5. The molecule has 0 aliphatic heterocycles. The SMILES string of the molecule is CNc1ccc(-c2nc3ccnc(C(=O)NCCCn4ccnc4)c3cc2-c2ccccc2)cc1. The minimum Gasteiger partial charge on any atom is -0.388 e. The highest BCUT2D eigenvalue weighted by Gasteiger charge is 2.17. The molecule has 5 aromatic rings. The molecule has 0 aliphatic carbocycles. The summed E-state index contributed by atoms with van der Waals surface area (Å²) >= 11 is 0. The van der Waals surface area contributed by atoms with Crippen LogP contribution in [0.25, 0.3) is 33.3 Å². The number of amides is 1. The van der Waals surface area contributed by atoms with Crippen LogP contribution in [0.4, 0.5) is 5.69 Å². The van der Waals surface area contributed by atoms with Crippen LogP contribution >= 0.6 is 0 Å². The lowest BCUT2D eigenvalue weighted by molar-refractivity contribution is 0.0949. The normalized spacial score (nSPS) is 10.9. The molecular formula is C28H26N6O. The molecule has 7 nitrogen and oxygen atoms in total. The molecule has 3 heterocycles. The molecule has 0 saturated heterocycles. The highest BCUT2D eigenvalue weighted by Crippen LogP contribution is 2.34. The molecule has 174 valence electrons. The number of aryl methyl sites for hydroxylation is 1. The third-order valence-corrected chi connectivity index (χ3v) is 5.93. The number of hydrogen-bond donors (Lipinski definition) is 2. The number of carbonyl (C=O) groups is 1. The van der Waals surface area contributed by atoms with Gasteiger partial charge in [-0.15, -0.1) is 0 Å². The Hall–Kier alpha value is -4.52. The topological polar surface area (TPSA) is 84.7 Å². The van der Waals surface area contributed by atoms with Crippen molar-refractivity contribution >= 4 is 22.5 Å². The first kappa shape index (κ1) is 22.3. The van der Waals surface area contributed by atoms with Crippen LogP contribution in [0, 0.1) is 0 Å². The molecule has 3 aromatic heterocycles. The Morgan fingerprint density at radius 1 is 0.971 bits per heavy atom. The van der Waals surface area contributed by atoms with E-state index in [1.807, 2.05) is 60.3 Å². The lowest BCUT2D eigenvalue weighted by Gasteiger charge is -2.14. The van der Waals surface area contributed by atoms with Crippen LogP contribution < -0.4 is 10.6 Å². The molecule has 0 spiro atoms. The number of nitrogens with one attached hydrogen (secondary N) is 2. The zero-order chi connectivity index (χ0) is 24.0. The van der Waals surface area contributed by atoms with Crippen LogP contribution in [-0.2, 0) is 6.54 Å². The third kappa shape index (κ3) is 4.89. The molecule has 5 rings (SSSR count). The van der Waals surface area contributed by atoms with Crippen molar-refractivity contribution in [3.63, 3.8) is 0 Å². The second-order valence-electron chi connectivity index (χ2n) is 8.21. The summed E-state index contributed by atoms with van der Waals surface area (Å²) in [6, 6.07) is 22.2. The maximum Gasteiger partial charge on any atom is 0.270 e. The fourth-order valence-electron chi connectivity index (χ4n) is 4.10. The minimum atomic E-state index is -0.201. The van der Waals surface area contributed by atoms with Gasteiger partial charge in [-0.2, -0.15) is 0 Å². The first-order valence-electron chi connectivity index (χ1n) is 11.6. The van der Waals surface area contributed by atoms with E-state index in [1.54, 1.807) is 18.7 Å². The van der Waals surface area contributed by atoms with E-state index >= 15 is 0 Å². The summed E-state index contributed by atoms with van der Waals surface area (Å²) in [6.07, 6.45) is 7.88. The van der Waals surface area contributed by atoms with E-state index in [0.717, 1.165) is 51.9 Å². The largest absolute Gasteiger partial charge is 0.388 e. The van der Waals surface area contributed by atoms with E-state index in [2.05, 4.69) is 44.9 Å². The predicted octanol–water partition coefficient (Wildman–Crippen LogP) is 5.02. The van der Waals surface area contributed by atoms with Crippen molar-refractivity contribution in [3.05, 3.63) is 97.3 Å². The molecule has 0 unspecified atom stereocenters. The Morgan fingerprint density at radius 2 is 1.80 bits per heavy atom. The second kappa shape index (κ2) is 10.2. The van der Waals surface area contributed by atoms with E-state index in [0.29, 0.717) is 12.2 Å². The van der Waals surface area contributed by atoms with Crippen molar-refractivity contribution in [1.29, 1.82) is 0 Å². The van der Waals surface area contributed by atoms with Gasteiger partial charge in [0.15, 0.2) is 0 Å². The molecule has 7 heteroatoms. The van der Waals surface area contributed by atoms with E-state index < -0.39 is 0 Å². The number of nitrogens with zero attached hydrogens (tertiary/aromatic N) is 4. The Bertz CT molecular complexity index is 1430. The number of anilines is 1. The van der Waals surface area contributed by atoms with Crippen molar-refractivity contribution in [2.45, 2.75) is 13.0 Å². The van der Waals surface area contributed by atoms with Crippen molar-refractivity contribution in [3.8, 4) is 22.4 Å². The Morgan fingerprint density at radius 3 is 2.54 bits per heavy atom. The quantitative estimate of drug-likeness (QED) is 0.316. The highest BCUT2D eigenvalue weighted by molar-refractivity contribution is 6.06. The summed E-state index contributed by atoms with van der Waals surface area (Å²) < 4.78 is 1.99. The van der Waals surface area contributed by atoms with Gasteiger partial charge in [-0.1, -0.05) is 42.5 Å². The van der Waals surface area contributed by atoms with Gasteiger partial charge in [-0.3, -0.25) is 9.78 Å². The number of imidazole rings is 1. The van der Waals surface area contributed by atoms with Crippen LogP contribution in [0.1, 0.15) is 16.9 Å². The van der Waals surface area contributed by atoms with Crippen LogP contribution in [0.3, 0.4) is 0 Å². The molecule has 0 atom stereocenters. The monoisotopic (exact) mass is 462 g/mol. The molecule has 0 bridgehead atoms. The summed E-state index contributed by atoms with van der Waals surface area (Å²) in [5.74, 6) is -0.201. The van der Waals surface area contributed by atoms with Crippen LogP contribution in [0.2, 0.25) is 0 Å². The molecule has 0 aliphatic rings. The van der Waals surface area contributed by atoms with Gasteiger partial charge in [-0.25, -0.2) is 9.97 Å². The van der Waals surface area contributed by atoms with E-state index in [4.69, 9.17) is 4.98 Å². The summed E-state index contributed by atoms with van der Waals surface area (Å²) in [4.78, 5) is 26.5. The van der Waals surface area contributed by atoms with Crippen LogP contribution in [-0.4, -0.2) is 39.0 Å². The lowest BCUT2D eigenvalue weighted by Crippen LogP contribution is -2.26. The van der Waals surface area contributed by atoms with Gasteiger partial charge in [0.1, 0.15) is 5.69 Å². The van der Waals surface area contributed by atoms with Crippen molar-refractivity contribution in [1.82, 2.24) is 24.8 Å². The number of hydrogen-bond acceptors (Lipinski definition) is 5. The van der Waals surface area contributed by atoms with Gasteiger partial charge >= 0.3 is 0 Å². The smallest absolute Gasteiger partial charge is 0.270 e. The van der Waals surface area contributed by atoms with Gasteiger partial charge < -0.3 is 15.2 Å². The van der Waals surface area contributed by atoms with Gasteiger partial charge in [0.2, 0.25) is 0 Å². The van der Waals surface area contributed by atoms with E-state index in [1.165, 1.54) is 0 Å². The molecular weight excluding hydrogens is 436 g/mol. The lowest BCUT2D eigenvalue weighted by atomic mass is 9.97. The summed E-state index contributed by atoms with van der Waals surface area (Å²) in [5.41, 5.74) is 6.01. The maximum absolute atomic E-state index is 13.1. The molecule has 35 heavy (non-hydrogen) atoms. The highest BCUT2D eigenvalue weighted by atomic mass is 16.1. The minimum absolute atomic E-state index is 0.201. The molecule has 1 amide bonds. The first-order chi connectivity index (χ1) is 17.2. The van der Waals surface area contributed by atoms with Crippen molar-refractivity contribution in [2.24, 2.45) is 0 Å². The second-order valence-corrected chi connectivity index (χ2v) is 8.21. The van der Waals surface area contributed by atoms with Crippen molar-refractivity contribution < 1.29 is 4.79 Å². The average Bonchev–Trinajstić information content (AvgIpc) is 3.44. The molecule has 2 N–H and O–H groups in total. The summed E-state index contributed by atoms with van der Waals surface area (Å²) in [5, 5.41) is 6.89.